The first-order valence-corrected chi connectivity index (χ1v) is 4.28. The largest absolute Gasteiger partial charge is 0.390 e. The molecule has 0 amide bonds. The van der Waals surface area contributed by atoms with E-state index >= 15 is 0 Å². The summed E-state index contributed by atoms with van der Waals surface area (Å²) >= 11 is 0. The minimum Gasteiger partial charge on any atom is -0.390 e. The maximum absolute atomic E-state index is 9.60. The van der Waals surface area contributed by atoms with Gasteiger partial charge < -0.3 is 10.0 Å². The van der Waals surface area contributed by atoms with Crippen LogP contribution in [0.2, 0.25) is 0 Å². The summed E-state index contributed by atoms with van der Waals surface area (Å²) in [4.78, 5) is 2.21. The van der Waals surface area contributed by atoms with Crippen molar-refractivity contribution >= 4 is 0 Å². The Morgan fingerprint density at radius 1 is 1.42 bits per heavy atom. The number of rotatable bonds is 4. The molecular weight excluding hydrogens is 194 g/mol. The fourth-order valence-electron chi connectivity index (χ4n) is 0.820. The van der Waals surface area contributed by atoms with Crippen molar-refractivity contribution in [3.8, 4) is 0 Å². The van der Waals surface area contributed by atoms with Gasteiger partial charge >= 0.3 is 0 Å². The van der Waals surface area contributed by atoms with Crippen LogP contribution in [0.3, 0.4) is 0 Å². The Balaban J connectivity index is 0. The van der Waals surface area contributed by atoms with Crippen LogP contribution in [-0.2, 0) is 17.1 Å². The Morgan fingerprint density at radius 2 is 1.83 bits per heavy atom. The van der Waals surface area contributed by atoms with Gasteiger partial charge in [-0.3, -0.25) is 0 Å². The van der Waals surface area contributed by atoms with Crippen LogP contribution in [0, 0.1) is 5.92 Å². The molecular formula is C9H21FeNO. The fraction of sp³-hybridized carbons (Fsp3) is 1.00. The first-order chi connectivity index (χ1) is 4.88. The average molecular weight is 215 g/mol. The molecule has 0 radical (unpaired) electrons. The molecule has 0 bridgehead atoms. The molecule has 0 saturated heterocycles. The molecule has 0 aromatic rings. The van der Waals surface area contributed by atoms with Crippen molar-refractivity contribution in [2.75, 3.05) is 20.1 Å². The summed E-state index contributed by atoms with van der Waals surface area (Å²) in [6.45, 7) is 9.92. The van der Waals surface area contributed by atoms with E-state index < -0.39 is 5.60 Å². The number of nitrogens with zero attached hydrogens (tertiary/aromatic N) is 1. The molecule has 1 atom stereocenters. The second-order valence-corrected chi connectivity index (χ2v) is 3.91. The van der Waals surface area contributed by atoms with E-state index in [1.807, 2.05) is 13.8 Å². The predicted octanol–water partition coefficient (Wildman–Crippen LogP) is 1.34. The number of aliphatic hydroxyl groups is 1. The Bertz CT molecular complexity index is 112. The SMILES string of the molecule is CCN(C)CC(C)C(C)(C)O.[Fe]. The molecule has 0 saturated carbocycles. The Morgan fingerprint density at radius 3 is 2.08 bits per heavy atom. The fourth-order valence-corrected chi connectivity index (χ4v) is 0.820. The summed E-state index contributed by atoms with van der Waals surface area (Å²) in [5, 5.41) is 9.60. The monoisotopic (exact) mass is 215 g/mol. The van der Waals surface area contributed by atoms with Crippen molar-refractivity contribution in [1.82, 2.24) is 4.90 Å². The zero-order valence-corrected chi connectivity index (χ0v) is 9.84. The van der Waals surface area contributed by atoms with Crippen LogP contribution < -0.4 is 0 Å². The first-order valence-electron chi connectivity index (χ1n) is 4.28. The van der Waals surface area contributed by atoms with E-state index in [0.717, 1.165) is 13.1 Å². The first kappa shape index (κ1) is 14.9. The van der Waals surface area contributed by atoms with Gasteiger partial charge in [0.1, 0.15) is 0 Å². The van der Waals surface area contributed by atoms with E-state index in [4.69, 9.17) is 0 Å². The maximum atomic E-state index is 9.60. The van der Waals surface area contributed by atoms with Crippen molar-refractivity contribution in [2.45, 2.75) is 33.3 Å². The van der Waals surface area contributed by atoms with Crippen molar-refractivity contribution in [2.24, 2.45) is 5.92 Å². The normalized spacial score (nSPS) is 14.2. The van der Waals surface area contributed by atoms with Gasteiger partial charge in [-0.05, 0) is 33.4 Å². The second-order valence-electron chi connectivity index (χ2n) is 3.91. The summed E-state index contributed by atoms with van der Waals surface area (Å²) in [6.07, 6.45) is 0. The third kappa shape index (κ3) is 6.01. The minimum absolute atomic E-state index is 0. The number of hydrogen-bond acceptors (Lipinski definition) is 2. The van der Waals surface area contributed by atoms with Crippen LogP contribution in [-0.4, -0.2) is 35.7 Å². The van der Waals surface area contributed by atoms with Crippen LogP contribution in [0.25, 0.3) is 0 Å². The van der Waals surface area contributed by atoms with Crippen molar-refractivity contribution in [3.63, 3.8) is 0 Å². The molecule has 76 valence electrons. The Kier molecular flexibility index (Phi) is 7.44. The zero-order valence-electron chi connectivity index (χ0n) is 8.74. The van der Waals surface area contributed by atoms with Gasteiger partial charge in [0.2, 0.25) is 0 Å². The van der Waals surface area contributed by atoms with Crippen molar-refractivity contribution in [3.05, 3.63) is 0 Å². The van der Waals surface area contributed by atoms with E-state index in [1.54, 1.807) is 0 Å². The van der Waals surface area contributed by atoms with Crippen LogP contribution in [0.15, 0.2) is 0 Å². The molecule has 2 nitrogen and oxygen atoms in total. The molecule has 1 unspecified atom stereocenters. The minimum atomic E-state index is -0.552. The molecule has 0 aromatic heterocycles. The summed E-state index contributed by atoms with van der Waals surface area (Å²) in [6, 6.07) is 0. The Labute approximate surface area is 86.8 Å². The van der Waals surface area contributed by atoms with Crippen LogP contribution in [0.1, 0.15) is 27.7 Å². The maximum Gasteiger partial charge on any atom is 0.0629 e. The molecule has 0 aliphatic carbocycles. The third-order valence-corrected chi connectivity index (χ3v) is 2.33. The van der Waals surface area contributed by atoms with Crippen LogP contribution in [0.5, 0.6) is 0 Å². The summed E-state index contributed by atoms with van der Waals surface area (Å²) in [5.74, 6) is 0.326. The van der Waals surface area contributed by atoms with E-state index in [1.165, 1.54) is 0 Å². The van der Waals surface area contributed by atoms with Crippen molar-refractivity contribution < 1.29 is 22.2 Å². The third-order valence-electron chi connectivity index (χ3n) is 2.33. The topological polar surface area (TPSA) is 23.5 Å². The molecule has 12 heavy (non-hydrogen) atoms. The molecule has 0 aromatic carbocycles. The van der Waals surface area contributed by atoms with Gasteiger partial charge in [0.25, 0.3) is 0 Å². The summed E-state index contributed by atoms with van der Waals surface area (Å²) in [7, 11) is 2.07. The molecule has 0 rings (SSSR count). The van der Waals surface area contributed by atoms with E-state index in [9.17, 15) is 5.11 Å². The van der Waals surface area contributed by atoms with Gasteiger partial charge in [0.05, 0.1) is 5.60 Å². The van der Waals surface area contributed by atoms with Crippen LogP contribution >= 0.6 is 0 Å². The summed E-state index contributed by atoms with van der Waals surface area (Å²) < 4.78 is 0. The summed E-state index contributed by atoms with van der Waals surface area (Å²) in [5.41, 5.74) is -0.552. The Hall–Kier alpha value is 0.439. The van der Waals surface area contributed by atoms with Gasteiger partial charge in [0, 0.05) is 23.6 Å². The molecule has 0 fully saturated rings. The molecule has 0 aliphatic heterocycles. The van der Waals surface area contributed by atoms with Gasteiger partial charge in [-0.15, -0.1) is 0 Å². The van der Waals surface area contributed by atoms with Gasteiger partial charge in [-0.25, -0.2) is 0 Å². The quantitative estimate of drug-likeness (QED) is 0.715. The van der Waals surface area contributed by atoms with Gasteiger partial charge in [0.15, 0.2) is 0 Å². The standard InChI is InChI=1S/C9H21NO.Fe/c1-6-10(5)7-8(2)9(3,4)11;/h8,11H,6-7H2,1-5H3;. The molecule has 0 heterocycles. The zero-order chi connectivity index (χ0) is 9.07. The number of hydrogen-bond donors (Lipinski definition) is 1. The molecule has 3 heteroatoms. The van der Waals surface area contributed by atoms with E-state index in [-0.39, 0.29) is 17.1 Å². The smallest absolute Gasteiger partial charge is 0.0629 e. The van der Waals surface area contributed by atoms with Crippen molar-refractivity contribution in [1.29, 1.82) is 0 Å². The average Bonchev–Trinajstić information content (AvgIpc) is 1.85. The van der Waals surface area contributed by atoms with Gasteiger partial charge in [-0.1, -0.05) is 13.8 Å². The second kappa shape index (κ2) is 5.98. The van der Waals surface area contributed by atoms with E-state index in [2.05, 4.69) is 25.8 Å². The van der Waals surface area contributed by atoms with E-state index in [0.29, 0.717) is 5.92 Å². The van der Waals surface area contributed by atoms with Crippen LogP contribution in [0.4, 0.5) is 0 Å². The molecule has 0 spiro atoms. The van der Waals surface area contributed by atoms with Gasteiger partial charge in [-0.2, -0.15) is 0 Å². The molecule has 1 N–H and O–H groups in total. The predicted molar refractivity (Wildman–Crippen MR) is 48.6 cm³/mol. The molecule has 0 aliphatic rings.